The first-order chi connectivity index (χ1) is 11.6. The van der Waals surface area contributed by atoms with Crippen molar-refractivity contribution < 1.29 is 28.6 Å². The van der Waals surface area contributed by atoms with Crippen molar-refractivity contribution in [2.75, 3.05) is 11.9 Å². The third-order valence-electron chi connectivity index (χ3n) is 3.66. The van der Waals surface area contributed by atoms with Gasteiger partial charge in [-0.15, -0.1) is 0 Å². The van der Waals surface area contributed by atoms with Crippen LogP contribution in [0.25, 0.3) is 0 Å². The number of carboxylic acids is 1. The normalized spacial score (nSPS) is 17.3. The lowest BCUT2D eigenvalue weighted by Crippen LogP contribution is -2.45. The minimum Gasteiger partial charge on any atom is -0.478 e. The molecule has 8 heteroatoms. The summed E-state index contributed by atoms with van der Waals surface area (Å²) < 4.78 is 19.2. The maximum Gasteiger partial charge on any atom is 0.410 e. The van der Waals surface area contributed by atoms with Gasteiger partial charge in [-0.05, 0) is 51.8 Å². The summed E-state index contributed by atoms with van der Waals surface area (Å²) in [6.07, 6.45) is 0.490. The van der Waals surface area contributed by atoms with Crippen molar-refractivity contribution in [1.82, 2.24) is 4.90 Å². The first kappa shape index (κ1) is 18.7. The van der Waals surface area contributed by atoms with Crippen LogP contribution in [0.15, 0.2) is 18.2 Å². The number of carbonyl (C=O) groups is 3. The van der Waals surface area contributed by atoms with Crippen LogP contribution in [-0.2, 0) is 9.53 Å². The van der Waals surface area contributed by atoms with E-state index in [0.717, 1.165) is 6.07 Å². The van der Waals surface area contributed by atoms with Crippen LogP contribution in [0.2, 0.25) is 0 Å². The zero-order chi connectivity index (χ0) is 18.8. The van der Waals surface area contributed by atoms with Gasteiger partial charge in [0.05, 0.1) is 11.3 Å². The van der Waals surface area contributed by atoms with Crippen molar-refractivity contribution >= 4 is 23.7 Å². The zero-order valence-corrected chi connectivity index (χ0v) is 14.3. The lowest BCUT2D eigenvalue weighted by molar-refractivity contribution is -0.120. The molecule has 25 heavy (non-hydrogen) atoms. The van der Waals surface area contributed by atoms with Gasteiger partial charge in [0, 0.05) is 6.54 Å². The van der Waals surface area contributed by atoms with Gasteiger partial charge in [0.15, 0.2) is 0 Å². The Labute approximate surface area is 144 Å². The summed E-state index contributed by atoms with van der Waals surface area (Å²) in [6.45, 7) is 5.58. The van der Waals surface area contributed by atoms with Gasteiger partial charge in [-0.2, -0.15) is 0 Å². The third kappa shape index (κ3) is 4.68. The monoisotopic (exact) mass is 352 g/mol. The average Bonchev–Trinajstić information content (AvgIpc) is 2.97. The van der Waals surface area contributed by atoms with E-state index in [9.17, 15) is 18.8 Å². The molecule has 0 bridgehead atoms. The minimum absolute atomic E-state index is 0.133. The summed E-state index contributed by atoms with van der Waals surface area (Å²) in [5.74, 6) is -2.65. The van der Waals surface area contributed by atoms with E-state index in [1.54, 1.807) is 20.8 Å². The Hall–Kier alpha value is -2.64. The molecule has 1 aliphatic rings. The molecule has 2 N–H and O–H groups in total. The Morgan fingerprint density at radius 1 is 1.32 bits per heavy atom. The second-order valence-corrected chi connectivity index (χ2v) is 6.82. The van der Waals surface area contributed by atoms with E-state index in [1.807, 2.05) is 0 Å². The van der Waals surface area contributed by atoms with Crippen molar-refractivity contribution in [1.29, 1.82) is 0 Å². The Bertz CT molecular complexity index is 699. The number of aromatic carboxylic acids is 1. The summed E-state index contributed by atoms with van der Waals surface area (Å²) in [5, 5.41) is 11.2. The maximum atomic E-state index is 14.0. The second kappa shape index (κ2) is 7.08. The molecule has 1 aliphatic heterocycles. The van der Waals surface area contributed by atoms with Gasteiger partial charge in [-0.25, -0.2) is 14.0 Å². The Balaban J connectivity index is 2.09. The number of anilines is 1. The summed E-state index contributed by atoms with van der Waals surface area (Å²) >= 11 is 0. The first-order valence-electron chi connectivity index (χ1n) is 7.92. The first-order valence-corrected chi connectivity index (χ1v) is 7.92. The van der Waals surface area contributed by atoms with Crippen LogP contribution >= 0.6 is 0 Å². The van der Waals surface area contributed by atoms with Gasteiger partial charge in [-0.3, -0.25) is 9.69 Å². The van der Waals surface area contributed by atoms with E-state index in [-0.39, 0.29) is 11.3 Å². The molecule has 1 aromatic rings. The van der Waals surface area contributed by atoms with Crippen molar-refractivity contribution in [3.05, 3.63) is 29.6 Å². The highest BCUT2D eigenvalue weighted by atomic mass is 19.1. The average molecular weight is 352 g/mol. The fourth-order valence-corrected chi connectivity index (χ4v) is 2.54. The lowest BCUT2D eigenvalue weighted by atomic mass is 10.1. The fraction of sp³-hybridized carbons (Fsp3) is 0.471. The number of likely N-dealkylation sites (tertiary alicyclic amines) is 1. The van der Waals surface area contributed by atoms with Crippen molar-refractivity contribution in [2.45, 2.75) is 45.3 Å². The molecule has 2 amide bonds. The van der Waals surface area contributed by atoms with Crippen molar-refractivity contribution in [3.8, 4) is 0 Å². The molecule has 0 aromatic heterocycles. The number of halogens is 1. The van der Waals surface area contributed by atoms with Crippen molar-refractivity contribution in [3.63, 3.8) is 0 Å². The number of benzene rings is 1. The molecule has 136 valence electrons. The molecule has 0 aliphatic carbocycles. The Morgan fingerprint density at radius 2 is 2.00 bits per heavy atom. The molecular formula is C17H21FN2O5. The van der Waals surface area contributed by atoms with Crippen LogP contribution in [0, 0.1) is 5.82 Å². The van der Waals surface area contributed by atoms with Crippen molar-refractivity contribution in [2.24, 2.45) is 0 Å². The smallest absolute Gasteiger partial charge is 0.410 e. The summed E-state index contributed by atoms with van der Waals surface area (Å²) in [6, 6.07) is 2.46. The van der Waals surface area contributed by atoms with Crippen LogP contribution in [-0.4, -0.2) is 46.2 Å². The predicted octanol–water partition coefficient (Wildman–Crippen LogP) is 2.86. The zero-order valence-electron chi connectivity index (χ0n) is 14.3. The predicted molar refractivity (Wildman–Crippen MR) is 88.0 cm³/mol. The number of hydrogen-bond acceptors (Lipinski definition) is 4. The molecule has 0 spiro atoms. The molecule has 0 unspecified atom stereocenters. The fourth-order valence-electron chi connectivity index (χ4n) is 2.54. The minimum atomic E-state index is -1.26. The highest BCUT2D eigenvalue weighted by Gasteiger charge is 2.36. The van der Waals surface area contributed by atoms with Crippen LogP contribution in [0.5, 0.6) is 0 Å². The standard InChI is InChI=1S/C17H21FN2O5/c1-17(2,3)25-16(24)20-8-4-5-13(20)14(21)19-12-7-6-10(15(22)23)9-11(12)18/h6-7,9,13H,4-5,8H2,1-3H3,(H,19,21)(H,22,23)/t13-/m0/s1. The molecule has 1 aromatic carbocycles. The number of nitrogens with zero attached hydrogens (tertiary/aromatic N) is 1. The third-order valence-corrected chi connectivity index (χ3v) is 3.66. The second-order valence-electron chi connectivity index (χ2n) is 6.82. The van der Waals surface area contributed by atoms with Crippen LogP contribution in [0.3, 0.4) is 0 Å². The van der Waals surface area contributed by atoms with E-state index in [4.69, 9.17) is 9.84 Å². The summed E-state index contributed by atoms with van der Waals surface area (Å²) in [4.78, 5) is 36.8. The molecule has 2 rings (SSSR count). The topological polar surface area (TPSA) is 95.9 Å². The molecule has 1 atom stereocenters. The van der Waals surface area contributed by atoms with Gasteiger partial charge >= 0.3 is 12.1 Å². The Morgan fingerprint density at radius 3 is 2.56 bits per heavy atom. The number of rotatable bonds is 3. The number of nitrogens with one attached hydrogen (secondary N) is 1. The van der Waals surface area contributed by atoms with E-state index in [1.165, 1.54) is 17.0 Å². The highest BCUT2D eigenvalue weighted by molar-refractivity contribution is 5.97. The molecule has 1 saturated heterocycles. The number of ether oxygens (including phenoxy) is 1. The van der Waals surface area contributed by atoms with E-state index in [2.05, 4.69) is 5.32 Å². The summed E-state index contributed by atoms with van der Waals surface area (Å²) in [7, 11) is 0. The molecule has 0 saturated carbocycles. The van der Waals surface area contributed by atoms with Crippen LogP contribution < -0.4 is 5.32 Å². The number of hydrogen-bond donors (Lipinski definition) is 2. The number of amides is 2. The SMILES string of the molecule is CC(C)(C)OC(=O)N1CCC[C@H]1C(=O)Nc1ccc(C(=O)O)cc1F. The van der Waals surface area contributed by atoms with E-state index < -0.39 is 35.4 Å². The van der Waals surface area contributed by atoms with Crippen LogP contribution in [0.1, 0.15) is 44.0 Å². The quantitative estimate of drug-likeness (QED) is 0.872. The summed E-state index contributed by atoms with van der Waals surface area (Å²) in [5.41, 5.74) is -1.03. The van der Waals surface area contributed by atoms with Gasteiger partial charge in [0.1, 0.15) is 17.5 Å². The molecule has 1 fully saturated rings. The highest BCUT2D eigenvalue weighted by Crippen LogP contribution is 2.23. The largest absolute Gasteiger partial charge is 0.478 e. The number of carboxylic acid groups (broad SMARTS) is 1. The number of carbonyl (C=O) groups excluding carboxylic acids is 2. The van der Waals surface area contributed by atoms with Gasteiger partial charge in [0.25, 0.3) is 0 Å². The lowest BCUT2D eigenvalue weighted by Gasteiger charge is -2.28. The Kier molecular flexibility index (Phi) is 5.30. The molecular weight excluding hydrogens is 331 g/mol. The van der Waals surface area contributed by atoms with Gasteiger partial charge in [-0.1, -0.05) is 0 Å². The molecule has 7 nitrogen and oxygen atoms in total. The van der Waals surface area contributed by atoms with E-state index >= 15 is 0 Å². The maximum absolute atomic E-state index is 14.0. The van der Waals surface area contributed by atoms with Crippen LogP contribution in [0.4, 0.5) is 14.9 Å². The van der Waals surface area contributed by atoms with Gasteiger partial charge < -0.3 is 15.2 Å². The van der Waals surface area contributed by atoms with Gasteiger partial charge in [0.2, 0.25) is 5.91 Å². The van der Waals surface area contributed by atoms with E-state index in [0.29, 0.717) is 19.4 Å². The molecule has 0 radical (unpaired) electrons. The molecule has 1 heterocycles.